The van der Waals surface area contributed by atoms with Crippen LogP contribution in [0.4, 0.5) is 0 Å². The number of aromatic nitrogens is 2. The van der Waals surface area contributed by atoms with Gasteiger partial charge in [-0.25, -0.2) is 4.98 Å². The number of methoxy groups -OCH3 is 1. The van der Waals surface area contributed by atoms with E-state index in [-0.39, 0.29) is 12.4 Å². The van der Waals surface area contributed by atoms with Crippen LogP contribution in [0.5, 0.6) is 0 Å². The lowest BCUT2D eigenvalue weighted by Gasteiger charge is -2.12. The highest BCUT2D eigenvalue weighted by Gasteiger charge is 2.15. The fraction of sp³-hybridized carbons (Fsp3) is 0.158. The lowest BCUT2D eigenvalue weighted by molar-refractivity contribution is -0.139. The summed E-state index contributed by atoms with van der Waals surface area (Å²) >= 11 is 0. The standard InChI is InChI=1S/C19H18N2O2/c1-23-18(22)12-17-13-20-19(16-10-6-3-7-11-16)21(17)14-15-8-4-2-5-9-15/h2-11,13H,12,14H2,1H3. The fourth-order valence-electron chi connectivity index (χ4n) is 2.53. The molecule has 116 valence electrons. The van der Waals surface area contributed by atoms with Crippen molar-refractivity contribution in [1.82, 2.24) is 9.55 Å². The summed E-state index contributed by atoms with van der Waals surface area (Å²) in [6.45, 7) is 0.664. The molecule has 0 saturated heterocycles. The fourth-order valence-corrected chi connectivity index (χ4v) is 2.53. The van der Waals surface area contributed by atoms with E-state index in [1.165, 1.54) is 7.11 Å². The minimum atomic E-state index is -0.265. The molecule has 1 aromatic heterocycles. The lowest BCUT2D eigenvalue weighted by atomic mass is 10.2. The van der Waals surface area contributed by atoms with Gasteiger partial charge in [0.2, 0.25) is 0 Å². The van der Waals surface area contributed by atoms with Crippen molar-refractivity contribution in [2.24, 2.45) is 0 Å². The van der Waals surface area contributed by atoms with E-state index in [4.69, 9.17) is 4.74 Å². The molecule has 0 radical (unpaired) electrons. The zero-order valence-corrected chi connectivity index (χ0v) is 13.0. The van der Waals surface area contributed by atoms with Gasteiger partial charge < -0.3 is 9.30 Å². The maximum absolute atomic E-state index is 11.7. The Morgan fingerprint density at radius 1 is 1.04 bits per heavy atom. The third-order valence-electron chi connectivity index (χ3n) is 3.71. The van der Waals surface area contributed by atoms with Gasteiger partial charge in [0.25, 0.3) is 0 Å². The number of hydrogen-bond acceptors (Lipinski definition) is 3. The van der Waals surface area contributed by atoms with Crippen molar-refractivity contribution in [1.29, 1.82) is 0 Å². The van der Waals surface area contributed by atoms with Crippen LogP contribution in [0.1, 0.15) is 11.3 Å². The second kappa shape index (κ2) is 6.92. The molecule has 0 aliphatic carbocycles. The first-order chi connectivity index (χ1) is 11.3. The number of carbonyl (C=O) groups is 1. The van der Waals surface area contributed by atoms with Gasteiger partial charge >= 0.3 is 5.97 Å². The van der Waals surface area contributed by atoms with E-state index in [2.05, 4.69) is 21.7 Å². The largest absolute Gasteiger partial charge is 0.469 e. The molecule has 0 fully saturated rings. The third kappa shape index (κ3) is 3.48. The monoisotopic (exact) mass is 306 g/mol. The van der Waals surface area contributed by atoms with E-state index < -0.39 is 0 Å². The van der Waals surface area contributed by atoms with Crippen LogP contribution >= 0.6 is 0 Å². The molecular formula is C19H18N2O2. The molecular weight excluding hydrogens is 288 g/mol. The average Bonchev–Trinajstić information content (AvgIpc) is 2.99. The Kier molecular flexibility index (Phi) is 4.52. The Morgan fingerprint density at radius 2 is 1.70 bits per heavy atom. The van der Waals surface area contributed by atoms with Crippen LogP contribution in [0.25, 0.3) is 11.4 Å². The van der Waals surface area contributed by atoms with Gasteiger partial charge in [-0.3, -0.25) is 4.79 Å². The van der Waals surface area contributed by atoms with Crippen molar-refractivity contribution in [3.8, 4) is 11.4 Å². The van der Waals surface area contributed by atoms with Crippen LogP contribution in [-0.2, 0) is 22.5 Å². The van der Waals surface area contributed by atoms with E-state index in [9.17, 15) is 4.79 Å². The smallest absolute Gasteiger partial charge is 0.311 e. The van der Waals surface area contributed by atoms with Gasteiger partial charge in [0, 0.05) is 24.0 Å². The van der Waals surface area contributed by atoms with Gasteiger partial charge in [-0.1, -0.05) is 60.7 Å². The van der Waals surface area contributed by atoms with Gasteiger partial charge in [-0.15, -0.1) is 0 Å². The summed E-state index contributed by atoms with van der Waals surface area (Å²) in [5.74, 6) is 0.590. The Labute approximate surface area is 135 Å². The third-order valence-corrected chi connectivity index (χ3v) is 3.71. The van der Waals surface area contributed by atoms with E-state index in [0.29, 0.717) is 6.54 Å². The van der Waals surface area contributed by atoms with Crippen LogP contribution < -0.4 is 0 Å². The summed E-state index contributed by atoms with van der Waals surface area (Å²) in [4.78, 5) is 16.2. The first kappa shape index (κ1) is 15.0. The molecule has 0 unspecified atom stereocenters. The molecule has 0 aliphatic rings. The number of esters is 1. The molecule has 2 aromatic carbocycles. The van der Waals surface area contributed by atoms with Crippen LogP contribution in [-0.4, -0.2) is 22.6 Å². The first-order valence-electron chi connectivity index (χ1n) is 7.48. The van der Waals surface area contributed by atoms with Crippen LogP contribution in [0, 0.1) is 0 Å². The Morgan fingerprint density at radius 3 is 2.35 bits per heavy atom. The van der Waals surface area contributed by atoms with E-state index in [0.717, 1.165) is 22.6 Å². The van der Waals surface area contributed by atoms with Crippen molar-refractivity contribution >= 4 is 5.97 Å². The van der Waals surface area contributed by atoms with Gasteiger partial charge in [-0.2, -0.15) is 0 Å². The summed E-state index contributed by atoms with van der Waals surface area (Å²) in [5.41, 5.74) is 3.04. The SMILES string of the molecule is COC(=O)Cc1cnc(-c2ccccc2)n1Cc1ccccc1. The zero-order chi connectivity index (χ0) is 16.1. The Balaban J connectivity index is 2.01. The molecule has 0 amide bonds. The second-order valence-corrected chi connectivity index (χ2v) is 5.26. The Bertz CT molecular complexity index is 780. The van der Waals surface area contributed by atoms with Gasteiger partial charge in [0.05, 0.1) is 13.5 Å². The van der Waals surface area contributed by atoms with Crippen molar-refractivity contribution in [2.45, 2.75) is 13.0 Å². The van der Waals surface area contributed by atoms with Gasteiger partial charge in [-0.05, 0) is 5.56 Å². The van der Waals surface area contributed by atoms with E-state index >= 15 is 0 Å². The van der Waals surface area contributed by atoms with E-state index in [1.807, 2.05) is 48.5 Å². The highest BCUT2D eigenvalue weighted by atomic mass is 16.5. The van der Waals surface area contributed by atoms with Crippen molar-refractivity contribution < 1.29 is 9.53 Å². The lowest BCUT2D eigenvalue weighted by Crippen LogP contribution is -2.12. The number of benzene rings is 2. The summed E-state index contributed by atoms with van der Waals surface area (Å²) < 4.78 is 6.87. The van der Waals surface area contributed by atoms with Crippen molar-refractivity contribution in [3.05, 3.63) is 78.1 Å². The molecule has 0 bridgehead atoms. The number of ether oxygens (including phenoxy) is 1. The highest BCUT2D eigenvalue weighted by molar-refractivity contribution is 5.72. The number of nitrogens with zero attached hydrogens (tertiary/aromatic N) is 2. The molecule has 0 N–H and O–H groups in total. The molecule has 0 atom stereocenters. The molecule has 4 heteroatoms. The molecule has 1 heterocycles. The topological polar surface area (TPSA) is 44.1 Å². The highest BCUT2D eigenvalue weighted by Crippen LogP contribution is 2.21. The molecule has 3 aromatic rings. The first-order valence-corrected chi connectivity index (χ1v) is 7.48. The van der Waals surface area contributed by atoms with Crippen molar-refractivity contribution in [3.63, 3.8) is 0 Å². The number of rotatable bonds is 5. The summed E-state index contributed by atoms with van der Waals surface area (Å²) in [6, 6.07) is 20.1. The number of imidazole rings is 1. The van der Waals surface area contributed by atoms with E-state index in [1.54, 1.807) is 6.20 Å². The Hall–Kier alpha value is -2.88. The minimum absolute atomic E-state index is 0.211. The summed E-state index contributed by atoms with van der Waals surface area (Å²) in [6.07, 6.45) is 1.96. The number of carbonyl (C=O) groups excluding carboxylic acids is 1. The predicted octanol–water partition coefficient (Wildman–Crippen LogP) is 3.31. The minimum Gasteiger partial charge on any atom is -0.469 e. The summed E-state index contributed by atoms with van der Waals surface area (Å²) in [5, 5.41) is 0. The molecule has 0 spiro atoms. The van der Waals surface area contributed by atoms with Crippen molar-refractivity contribution in [2.75, 3.05) is 7.11 Å². The molecule has 23 heavy (non-hydrogen) atoms. The van der Waals surface area contributed by atoms with Gasteiger partial charge in [0.1, 0.15) is 5.82 Å². The second-order valence-electron chi connectivity index (χ2n) is 5.26. The maximum Gasteiger partial charge on any atom is 0.311 e. The zero-order valence-electron chi connectivity index (χ0n) is 13.0. The van der Waals surface area contributed by atoms with Crippen LogP contribution in [0.15, 0.2) is 66.9 Å². The summed E-state index contributed by atoms with van der Waals surface area (Å²) in [7, 11) is 1.40. The molecule has 3 rings (SSSR count). The maximum atomic E-state index is 11.7. The van der Waals surface area contributed by atoms with Gasteiger partial charge in [0.15, 0.2) is 0 Å². The quantitative estimate of drug-likeness (QED) is 0.679. The number of hydrogen-bond donors (Lipinski definition) is 0. The van der Waals surface area contributed by atoms with Crippen LogP contribution in [0.3, 0.4) is 0 Å². The average molecular weight is 306 g/mol. The predicted molar refractivity (Wildman–Crippen MR) is 88.9 cm³/mol. The van der Waals surface area contributed by atoms with Crippen LogP contribution in [0.2, 0.25) is 0 Å². The molecule has 0 aliphatic heterocycles. The molecule has 4 nitrogen and oxygen atoms in total. The normalized spacial score (nSPS) is 10.5. The molecule has 0 saturated carbocycles.